The number of pyridine rings is 4. The van der Waals surface area contributed by atoms with Gasteiger partial charge in [-0.05, 0) is 90.0 Å². The molecule has 0 aliphatic heterocycles. The van der Waals surface area contributed by atoms with E-state index in [-0.39, 0.29) is 0 Å². The second-order valence-corrected chi connectivity index (χ2v) is 13.6. The number of nitrogens with zero attached hydrogens (tertiary/aromatic N) is 6. The summed E-state index contributed by atoms with van der Waals surface area (Å²) in [6.07, 6.45) is 7.57. The molecular formula is C50H34N6. The lowest BCUT2D eigenvalue weighted by molar-refractivity contribution is 1.15. The Balaban J connectivity index is 1.01. The predicted molar refractivity (Wildman–Crippen MR) is 228 cm³/mol. The van der Waals surface area contributed by atoms with Crippen molar-refractivity contribution in [2.24, 2.45) is 0 Å². The minimum atomic E-state index is 0.829. The molecular weight excluding hydrogens is 685 g/mol. The van der Waals surface area contributed by atoms with Crippen molar-refractivity contribution in [3.8, 4) is 50.7 Å². The van der Waals surface area contributed by atoms with Crippen molar-refractivity contribution in [1.82, 2.24) is 24.5 Å². The van der Waals surface area contributed by atoms with E-state index < -0.39 is 0 Å². The van der Waals surface area contributed by atoms with Gasteiger partial charge in [-0.25, -0.2) is 4.98 Å². The Morgan fingerprint density at radius 3 is 1.84 bits per heavy atom. The SMILES string of the molecule is c1ccc(-c2cccc(-c3cccc(-c4cc5c6ccccc6n(-c6ccc(N(c7cccnc7)c7ccc(-c8ccccc8)nc7)cc6)c5cn4)n3)c2)cc1. The van der Waals surface area contributed by atoms with Gasteiger partial charge in [0.15, 0.2) is 0 Å². The molecule has 0 fully saturated rings. The lowest BCUT2D eigenvalue weighted by Gasteiger charge is -2.25. The van der Waals surface area contributed by atoms with E-state index in [4.69, 9.17) is 15.0 Å². The van der Waals surface area contributed by atoms with E-state index in [0.29, 0.717) is 0 Å². The first-order chi connectivity index (χ1) is 27.8. The Morgan fingerprint density at radius 1 is 0.375 bits per heavy atom. The van der Waals surface area contributed by atoms with E-state index in [1.165, 1.54) is 5.56 Å². The van der Waals surface area contributed by atoms with Gasteiger partial charge in [0.05, 0.1) is 63.8 Å². The molecule has 10 aromatic rings. The third-order valence-corrected chi connectivity index (χ3v) is 10.2. The summed E-state index contributed by atoms with van der Waals surface area (Å²) in [5.41, 5.74) is 14.1. The van der Waals surface area contributed by atoms with Crippen molar-refractivity contribution >= 4 is 38.9 Å². The Morgan fingerprint density at radius 2 is 1.05 bits per heavy atom. The van der Waals surface area contributed by atoms with Crippen LogP contribution >= 0.6 is 0 Å². The van der Waals surface area contributed by atoms with Crippen LogP contribution in [0.2, 0.25) is 0 Å². The van der Waals surface area contributed by atoms with Crippen LogP contribution in [0.1, 0.15) is 0 Å². The fourth-order valence-electron chi connectivity index (χ4n) is 7.50. The largest absolute Gasteiger partial charge is 0.308 e. The molecule has 6 heteroatoms. The second-order valence-electron chi connectivity index (χ2n) is 13.6. The molecule has 0 unspecified atom stereocenters. The fraction of sp³-hybridized carbons (Fsp3) is 0. The van der Waals surface area contributed by atoms with Gasteiger partial charge in [-0.1, -0.05) is 103 Å². The summed E-state index contributed by atoms with van der Waals surface area (Å²) < 4.78 is 2.29. The molecule has 0 radical (unpaired) electrons. The van der Waals surface area contributed by atoms with Gasteiger partial charge in [0.25, 0.3) is 0 Å². The first-order valence-electron chi connectivity index (χ1n) is 18.6. The summed E-state index contributed by atoms with van der Waals surface area (Å²) in [6.45, 7) is 0. The van der Waals surface area contributed by atoms with E-state index in [9.17, 15) is 0 Å². The third kappa shape index (κ3) is 6.15. The quantitative estimate of drug-likeness (QED) is 0.157. The zero-order chi connectivity index (χ0) is 37.3. The maximum absolute atomic E-state index is 5.11. The molecule has 5 aromatic carbocycles. The van der Waals surface area contributed by atoms with E-state index in [1.54, 1.807) is 6.20 Å². The molecule has 0 saturated heterocycles. The average molecular weight is 719 g/mol. The summed E-state index contributed by atoms with van der Waals surface area (Å²) in [5.74, 6) is 0. The minimum absolute atomic E-state index is 0.829. The standard InChI is InChI=1S/C50H34N6/c1-3-12-35(13-4-1)37-16-9-17-38(30-37)46-20-10-21-47(54-46)48-31-44-43-19-7-8-22-49(43)56(50(44)34-53-48)40-25-23-39(24-26-40)55(41-18-11-29-51-32-41)42-27-28-45(52-33-42)36-14-5-2-6-15-36/h1-34H. The van der Waals surface area contributed by atoms with Crippen molar-refractivity contribution in [3.05, 3.63) is 207 Å². The highest BCUT2D eigenvalue weighted by molar-refractivity contribution is 6.10. The Kier molecular flexibility index (Phi) is 8.39. The Labute approximate surface area is 324 Å². The molecule has 0 atom stereocenters. The highest BCUT2D eigenvalue weighted by Crippen LogP contribution is 2.38. The molecule has 0 aliphatic rings. The number of para-hydroxylation sites is 1. The van der Waals surface area contributed by atoms with Gasteiger partial charge in [0.2, 0.25) is 0 Å². The summed E-state index contributed by atoms with van der Waals surface area (Å²) in [4.78, 5) is 21.6. The van der Waals surface area contributed by atoms with Gasteiger partial charge >= 0.3 is 0 Å². The molecule has 264 valence electrons. The maximum Gasteiger partial charge on any atom is 0.0894 e. The maximum atomic E-state index is 5.11. The van der Waals surface area contributed by atoms with Gasteiger partial charge in [0.1, 0.15) is 0 Å². The van der Waals surface area contributed by atoms with Crippen molar-refractivity contribution < 1.29 is 0 Å². The Hall–Kier alpha value is -7.70. The zero-order valence-corrected chi connectivity index (χ0v) is 30.3. The molecule has 6 nitrogen and oxygen atoms in total. The first-order valence-corrected chi connectivity index (χ1v) is 18.6. The summed E-state index contributed by atoms with van der Waals surface area (Å²) >= 11 is 0. The number of rotatable bonds is 8. The zero-order valence-electron chi connectivity index (χ0n) is 30.3. The van der Waals surface area contributed by atoms with Crippen LogP contribution in [0.3, 0.4) is 0 Å². The van der Waals surface area contributed by atoms with Crippen LogP contribution < -0.4 is 4.90 Å². The fourth-order valence-corrected chi connectivity index (χ4v) is 7.50. The van der Waals surface area contributed by atoms with Crippen molar-refractivity contribution in [2.75, 3.05) is 4.90 Å². The number of anilines is 3. The third-order valence-electron chi connectivity index (χ3n) is 10.2. The lowest BCUT2D eigenvalue weighted by Crippen LogP contribution is -2.10. The van der Waals surface area contributed by atoms with E-state index in [1.807, 2.05) is 55.0 Å². The molecule has 0 bridgehead atoms. The topological polar surface area (TPSA) is 59.7 Å². The first kappa shape index (κ1) is 32.9. The molecule has 5 heterocycles. The van der Waals surface area contributed by atoms with E-state index in [2.05, 4.69) is 160 Å². The molecule has 0 N–H and O–H groups in total. The van der Waals surface area contributed by atoms with Crippen molar-refractivity contribution in [2.45, 2.75) is 0 Å². The van der Waals surface area contributed by atoms with Crippen LogP contribution in [-0.4, -0.2) is 24.5 Å². The molecule has 0 saturated carbocycles. The number of hydrogen-bond donors (Lipinski definition) is 0. The molecule has 0 amide bonds. The highest BCUT2D eigenvalue weighted by atomic mass is 15.2. The number of benzene rings is 5. The molecule has 10 rings (SSSR count). The number of aromatic nitrogens is 5. The second kappa shape index (κ2) is 14.3. The van der Waals surface area contributed by atoms with Gasteiger partial charge in [-0.3, -0.25) is 15.0 Å². The van der Waals surface area contributed by atoms with Gasteiger partial charge in [-0.15, -0.1) is 0 Å². The van der Waals surface area contributed by atoms with Crippen LogP contribution in [0, 0.1) is 0 Å². The van der Waals surface area contributed by atoms with Gasteiger partial charge < -0.3 is 9.47 Å². The van der Waals surface area contributed by atoms with E-state index >= 15 is 0 Å². The van der Waals surface area contributed by atoms with Crippen LogP contribution in [0.15, 0.2) is 207 Å². The summed E-state index contributed by atoms with van der Waals surface area (Å²) in [6, 6.07) is 62.9. The van der Waals surface area contributed by atoms with Crippen LogP contribution in [0.4, 0.5) is 17.1 Å². The van der Waals surface area contributed by atoms with Crippen LogP contribution in [-0.2, 0) is 0 Å². The smallest absolute Gasteiger partial charge is 0.0894 e. The monoisotopic (exact) mass is 718 g/mol. The van der Waals surface area contributed by atoms with Crippen molar-refractivity contribution in [3.63, 3.8) is 0 Å². The minimum Gasteiger partial charge on any atom is -0.308 e. The van der Waals surface area contributed by atoms with Crippen LogP contribution in [0.5, 0.6) is 0 Å². The Bertz CT molecular complexity index is 2940. The average Bonchev–Trinajstić information content (AvgIpc) is 3.62. The number of fused-ring (bicyclic) bond motifs is 3. The summed E-state index contributed by atoms with van der Waals surface area (Å²) in [5, 5.41) is 2.28. The summed E-state index contributed by atoms with van der Waals surface area (Å²) in [7, 11) is 0. The molecule has 0 spiro atoms. The van der Waals surface area contributed by atoms with Crippen LogP contribution in [0.25, 0.3) is 72.5 Å². The normalized spacial score (nSPS) is 11.2. The highest BCUT2D eigenvalue weighted by Gasteiger charge is 2.17. The van der Waals surface area contributed by atoms with Gasteiger partial charge in [-0.2, -0.15) is 0 Å². The predicted octanol–water partition coefficient (Wildman–Crippen LogP) is 12.5. The van der Waals surface area contributed by atoms with Crippen molar-refractivity contribution in [1.29, 1.82) is 0 Å². The molecule has 5 aromatic heterocycles. The lowest BCUT2D eigenvalue weighted by atomic mass is 10.0. The molecule has 0 aliphatic carbocycles. The van der Waals surface area contributed by atoms with Gasteiger partial charge in [0, 0.05) is 39.5 Å². The molecule has 56 heavy (non-hydrogen) atoms. The van der Waals surface area contributed by atoms with E-state index in [0.717, 1.165) is 84.0 Å². The number of hydrogen-bond acceptors (Lipinski definition) is 5.